The summed E-state index contributed by atoms with van der Waals surface area (Å²) in [4.78, 5) is 4.10. The van der Waals surface area contributed by atoms with E-state index in [1.54, 1.807) is 18.2 Å². The van der Waals surface area contributed by atoms with Gasteiger partial charge in [-0.05, 0) is 30.7 Å². The monoisotopic (exact) mass is 263 g/mol. The van der Waals surface area contributed by atoms with Crippen LogP contribution in [-0.4, -0.2) is 13.4 Å². The van der Waals surface area contributed by atoms with Gasteiger partial charge in [-0.15, -0.1) is 0 Å². The molecular formula is C12H13N3O2S. The molecule has 18 heavy (non-hydrogen) atoms. The summed E-state index contributed by atoms with van der Waals surface area (Å²) < 4.78 is 26.5. The number of nitrogens with two attached hydrogens (primary N) is 1. The molecular weight excluding hydrogens is 250 g/mol. The molecule has 2 aromatic rings. The van der Waals surface area contributed by atoms with Crippen LogP contribution >= 0.6 is 0 Å². The van der Waals surface area contributed by atoms with Gasteiger partial charge in [-0.2, -0.15) is 0 Å². The topological polar surface area (TPSA) is 85.1 Å². The maximum atomic E-state index is 12.1. The molecule has 0 bridgehead atoms. The molecule has 0 aliphatic rings. The first-order valence-electron chi connectivity index (χ1n) is 5.28. The molecule has 3 N–H and O–H groups in total. The minimum atomic E-state index is -3.62. The van der Waals surface area contributed by atoms with Crippen molar-refractivity contribution in [2.24, 2.45) is 0 Å². The summed E-state index contributed by atoms with van der Waals surface area (Å²) in [5, 5.41) is 0. The largest absolute Gasteiger partial charge is 0.399 e. The van der Waals surface area contributed by atoms with E-state index in [1.807, 2.05) is 13.0 Å². The Labute approximate surface area is 106 Å². The van der Waals surface area contributed by atoms with E-state index in [0.29, 0.717) is 5.69 Å². The van der Waals surface area contributed by atoms with Crippen molar-refractivity contribution in [2.75, 3.05) is 10.5 Å². The number of nitrogen functional groups attached to an aromatic ring is 1. The van der Waals surface area contributed by atoms with Gasteiger partial charge in [-0.1, -0.05) is 12.1 Å². The summed E-state index contributed by atoms with van der Waals surface area (Å²) in [5.41, 5.74) is 6.89. The van der Waals surface area contributed by atoms with E-state index in [0.717, 1.165) is 5.56 Å². The van der Waals surface area contributed by atoms with E-state index in [2.05, 4.69) is 9.71 Å². The van der Waals surface area contributed by atoms with Crippen LogP contribution in [0.4, 0.5) is 11.5 Å². The number of hydrogen-bond donors (Lipinski definition) is 2. The number of sulfonamides is 1. The molecule has 5 nitrogen and oxygen atoms in total. The molecule has 6 heteroatoms. The van der Waals surface area contributed by atoms with Gasteiger partial charge in [0.2, 0.25) is 0 Å². The van der Waals surface area contributed by atoms with Crippen molar-refractivity contribution in [3.63, 3.8) is 0 Å². The number of nitrogens with zero attached hydrogens (tertiary/aromatic N) is 1. The lowest BCUT2D eigenvalue weighted by atomic mass is 10.2. The number of aryl methyl sites for hydroxylation is 1. The van der Waals surface area contributed by atoms with Gasteiger partial charge >= 0.3 is 0 Å². The molecule has 1 aromatic heterocycles. The van der Waals surface area contributed by atoms with Gasteiger partial charge in [-0.3, -0.25) is 4.72 Å². The lowest BCUT2D eigenvalue weighted by Crippen LogP contribution is -2.14. The first-order valence-corrected chi connectivity index (χ1v) is 6.77. The molecule has 0 unspecified atom stereocenters. The van der Waals surface area contributed by atoms with Crippen molar-refractivity contribution < 1.29 is 8.42 Å². The first kappa shape index (κ1) is 12.4. The molecule has 0 radical (unpaired) electrons. The van der Waals surface area contributed by atoms with Crippen LogP contribution in [0.3, 0.4) is 0 Å². The van der Waals surface area contributed by atoms with Crippen LogP contribution in [0.15, 0.2) is 47.5 Å². The number of hydrogen-bond acceptors (Lipinski definition) is 4. The average Bonchev–Trinajstić information content (AvgIpc) is 2.28. The Bertz CT molecular complexity index is 669. The predicted octanol–water partition coefficient (Wildman–Crippen LogP) is 1.77. The van der Waals surface area contributed by atoms with Gasteiger partial charge in [0.15, 0.2) is 0 Å². The molecule has 2 rings (SSSR count). The third-order valence-corrected chi connectivity index (χ3v) is 3.68. The molecule has 0 saturated carbocycles. The van der Waals surface area contributed by atoms with Crippen molar-refractivity contribution in [1.29, 1.82) is 0 Å². The highest BCUT2D eigenvalue weighted by atomic mass is 32.2. The second-order valence-corrected chi connectivity index (χ2v) is 5.58. The van der Waals surface area contributed by atoms with E-state index < -0.39 is 10.0 Å². The Morgan fingerprint density at radius 1 is 1.22 bits per heavy atom. The second-order valence-electron chi connectivity index (χ2n) is 3.90. The fourth-order valence-corrected chi connectivity index (χ4v) is 2.59. The second kappa shape index (κ2) is 4.66. The molecule has 0 aliphatic carbocycles. The summed E-state index contributed by atoms with van der Waals surface area (Å²) in [6.07, 6.45) is 1.45. The number of pyridine rings is 1. The molecule has 1 aromatic carbocycles. The third kappa shape index (κ3) is 2.78. The lowest BCUT2D eigenvalue weighted by Gasteiger charge is -2.08. The highest BCUT2D eigenvalue weighted by Crippen LogP contribution is 2.16. The smallest absolute Gasteiger partial charge is 0.263 e. The summed E-state index contributed by atoms with van der Waals surface area (Å²) >= 11 is 0. The molecule has 94 valence electrons. The van der Waals surface area contributed by atoms with E-state index >= 15 is 0 Å². The predicted molar refractivity (Wildman–Crippen MR) is 70.6 cm³/mol. The molecule has 0 saturated heterocycles. The highest BCUT2D eigenvalue weighted by Gasteiger charge is 2.14. The molecule has 0 fully saturated rings. The van der Waals surface area contributed by atoms with Gasteiger partial charge in [-0.25, -0.2) is 13.4 Å². The molecule has 1 heterocycles. The van der Waals surface area contributed by atoms with Crippen LogP contribution in [0.1, 0.15) is 5.56 Å². The van der Waals surface area contributed by atoms with Gasteiger partial charge < -0.3 is 5.73 Å². The highest BCUT2D eigenvalue weighted by molar-refractivity contribution is 7.92. The average molecular weight is 263 g/mol. The SMILES string of the molecule is Cc1cccc(S(=O)(=O)Nc2cc(N)ccn2)c1. The minimum absolute atomic E-state index is 0.201. The zero-order valence-corrected chi connectivity index (χ0v) is 10.6. The maximum Gasteiger partial charge on any atom is 0.263 e. The van der Waals surface area contributed by atoms with Gasteiger partial charge in [0.05, 0.1) is 4.90 Å². The normalized spacial score (nSPS) is 11.2. The Morgan fingerprint density at radius 2 is 2.00 bits per heavy atom. The zero-order chi connectivity index (χ0) is 13.2. The van der Waals surface area contributed by atoms with Crippen LogP contribution in [0.2, 0.25) is 0 Å². The van der Waals surface area contributed by atoms with Crippen molar-refractivity contribution in [3.05, 3.63) is 48.2 Å². The summed E-state index contributed by atoms with van der Waals surface area (Å²) in [6, 6.07) is 9.70. The zero-order valence-electron chi connectivity index (χ0n) is 9.79. The summed E-state index contributed by atoms with van der Waals surface area (Å²) in [6.45, 7) is 1.83. The lowest BCUT2D eigenvalue weighted by molar-refractivity contribution is 0.601. The fourth-order valence-electron chi connectivity index (χ4n) is 1.48. The first-order chi connectivity index (χ1) is 8.47. The van der Waals surface area contributed by atoms with Crippen LogP contribution < -0.4 is 10.5 Å². The van der Waals surface area contributed by atoms with E-state index in [1.165, 1.54) is 18.3 Å². The molecule has 0 aliphatic heterocycles. The van der Waals surface area contributed by atoms with Crippen LogP contribution in [-0.2, 0) is 10.0 Å². The van der Waals surface area contributed by atoms with E-state index in [4.69, 9.17) is 5.73 Å². The standard InChI is InChI=1S/C12H13N3O2S/c1-9-3-2-4-11(7-9)18(16,17)15-12-8-10(13)5-6-14-12/h2-8H,1H3,(H3,13,14,15). The summed E-state index contributed by atoms with van der Waals surface area (Å²) in [7, 11) is -3.62. The van der Waals surface area contributed by atoms with Crippen molar-refractivity contribution in [1.82, 2.24) is 4.98 Å². The maximum absolute atomic E-state index is 12.1. The fraction of sp³-hybridized carbons (Fsp3) is 0.0833. The van der Waals surface area contributed by atoms with Gasteiger partial charge in [0.1, 0.15) is 5.82 Å². The summed E-state index contributed by atoms with van der Waals surface area (Å²) in [5.74, 6) is 0.205. The number of nitrogens with one attached hydrogen (secondary N) is 1. The molecule has 0 amide bonds. The Morgan fingerprint density at radius 3 is 2.67 bits per heavy atom. The number of anilines is 2. The van der Waals surface area contributed by atoms with Crippen molar-refractivity contribution in [2.45, 2.75) is 11.8 Å². The van der Waals surface area contributed by atoms with Crippen molar-refractivity contribution in [3.8, 4) is 0 Å². The van der Waals surface area contributed by atoms with Gasteiger partial charge in [0, 0.05) is 18.0 Å². The number of aromatic nitrogens is 1. The van der Waals surface area contributed by atoms with E-state index in [-0.39, 0.29) is 10.7 Å². The van der Waals surface area contributed by atoms with E-state index in [9.17, 15) is 8.42 Å². The van der Waals surface area contributed by atoms with Crippen molar-refractivity contribution >= 4 is 21.5 Å². The third-order valence-electron chi connectivity index (χ3n) is 2.32. The quantitative estimate of drug-likeness (QED) is 0.883. The number of rotatable bonds is 3. The Balaban J connectivity index is 2.33. The Kier molecular flexibility index (Phi) is 3.20. The van der Waals surface area contributed by atoms with Crippen LogP contribution in [0, 0.1) is 6.92 Å². The molecule has 0 atom stereocenters. The van der Waals surface area contributed by atoms with Crippen LogP contribution in [0.5, 0.6) is 0 Å². The Hall–Kier alpha value is -2.08. The number of benzene rings is 1. The van der Waals surface area contributed by atoms with Gasteiger partial charge in [0.25, 0.3) is 10.0 Å². The minimum Gasteiger partial charge on any atom is -0.399 e. The molecule has 0 spiro atoms. The van der Waals surface area contributed by atoms with Crippen LogP contribution in [0.25, 0.3) is 0 Å².